The summed E-state index contributed by atoms with van der Waals surface area (Å²) in [6.45, 7) is 1.45. The van der Waals surface area contributed by atoms with Gasteiger partial charge in [-0.1, -0.05) is 0 Å². The predicted molar refractivity (Wildman–Crippen MR) is 71.0 cm³/mol. The molecule has 0 aromatic carbocycles. The van der Waals surface area contributed by atoms with Gasteiger partial charge in [0, 0.05) is 0 Å². The van der Waals surface area contributed by atoms with Gasteiger partial charge in [0.25, 0.3) is 5.91 Å². The van der Waals surface area contributed by atoms with Gasteiger partial charge in [-0.25, -0.2) is 0 Å². The summed E-state index contributed by atoms with van der Waals surface area (Å²) in [6, 6.07) is 6.01. The molecule has 1 amide bonds. The normalized spacial score (nSPS) is 18.6. The number of aliphatic hydroxyl groups is 1. The molecule has 108 valence electrons. The fraction of sp³-hybridized carbons (Fsp3) is 0.200. The summed E-state index contributed by atoms with van der Waals surface area (Å²) in [4.78, 5) is 25.4. The smallest absolute Gasteiger partial charge is 0.290 e. The van der Waals surface area contributed by atoms with Crippen molar-refractivity contribution in [1.29, 1.82) is 0 Å². The molecule has 2 aromatic heterocycles. The largest absolute Gasteiger partial charge is 0.503 e. The third-order valence-electron chi connectivity index (χ3n) is 3.40. The highest BCUT2D eigenvalue weighted by atomic mass is 16.3. The molecule has 0 saturated heterocycles. The first kappa shape index (κ1) is 13.2. The first-order valence-electron chi connectivity index (χ1n) is 6.40. The number of carbonyl (C=O) groups excluding carboxylic acids is 2. The van der Waals surface area contributed by atoms with Crippen LogP contribution in [0.2, 0.25) is 0 Å². The molecule has 1 unspecified atom stereocenters. The molecule has 21 heavy (non-hydrogen) atoms. The summed E-state index contributed by atoms with van der Waals surface area (Å²) >= 11 is 0. The Kier molecular flexibility index (Phi) is 3.13. The van der Waals surface area contributed by atoms with Crippen LogP contribution in [0.25, 0.3) is 0 Å². The quantitative estimate of drug-likeness (QED) is 0.933. The maximum Gasteiger partial charge on any atom is 0.290 e. The van der Waals surface area contributed by atoms with E-state index in [9.17, 15) is 14.7 Å². The van der Waals surface area contributed by atoms with Crippen molar-refractivity contribution in [3.05, 3.63) is 59.6 Å². The number of carbonyl (C=O) groups is 2. The van der Waals surface area contributed by atoms with Gasteiger partial charge in [0.1, 0.15) is 17.6 Å². The lowest BCUT2D eigenvalue weighted by atomic mass is 10.0. The second kappa shape index (κ2) is 4.97. The van der Waals surface area contributed by atoms with Gasteiger partial charge in [-0.3, -0.25) is 9.59 Å². The zero-order valence-corrected chi connectivity index (χ0v) is 11.3. The van der Waals surface area contributed by atoms with Crippen molar-refractivity contribution in [2.75, 3.05) is 0 Å². The van der Waals surface area contributed by atoms with Crippen molar-refractivity contribution >= 4 is 11.7 Å². The molecule has 0 aliphatic carbocycles. The van der Waals surface area contributed by atoms with Gasteiger partial charge in [-0.15, -0.1) is 0 Å². The Morgan fingerprint density at radius 2 is 2.00 bits per heavy atom. The fourth-order valence-electron chi connectivity index (χ4n) is 2.49. The highest BCUT2D eigenvalue weighted by Crippen LogP contribution is 2.38. The number of hydrogen-bond donors (Lipinski definition) is 1. The van der Waals surface area contributed by atoms with E-state index in [0.29, 0.717) is 11.5 Å². The van der Waals surface area contributed by atoms with Crippen molar-refractivity contribution in [1.82, 2.24) is 4.90 Å². The van der Waals surface area contributed by atoms with Crippen LogP contribution in [-0.2, 0) is 16.1 Å². The van der Waals surface area contributed by atoms with Crippen molar-refractivity contribution < 1.29 is 23.5 Å². The number of furan rings is 2. The van der Waals surface area contributed by atoms with Crippen LogP contribution >= 0.6 is 0 Å². The molecule has 0 saturated carbocycles. The number of Topliss-reactive ketones (excluding diaryl/α,β-unsaturated/α-hetero) is 1. The van der Waals surface area contributed by atoms with Gasteiger partial charge in [0.15, 0.2) is 11.5 Å². The molecule has 0 radical (unpaired) electrons. The Balaban J connectivity index is 2.03. The number of hydrogen-bond acceptors (Lipinski definition) is 5. The van der Waals surface area contributed by atoms with Gasteiger partial charge in [0.05, 0.1) is 24.6 Å². The summed E-state index contributed by atoms with van der Waals surface area (Å²) in [5.41, 5.74) is 0.0431. The average molecular weight is 287 g/mol. The Morgan fingerprint density at radius 3 is 2.57 bits per heavy atom. The summed E-state index contributed by atoms with van der Waals surface area (Å²) in [6.07, 6.45) is 2.95. The molecule has 2 aromatic rings. The maximum atomic E-state index is 12.2. The zero-order valence-electron chi connectivity index (χ0n) is 11.3. The Morgan fingerprint density at radius 1 is 1.29 bits per heavy atom. The van der Waals surface area contributed by atoms with Crippen LogP contribution in [-0.4, -0.2) is 21.7 Å². The Bertz CT molecular complexity index is 697. The minimum Gasteiger partial charge on any atom is -0.503 e. The van der Waals surface area contributed by atoms with E-state index in [1.165, 1.54) is 24.3 Å². The van der Waals surface area contributed by atoms with Crippen LogP contribution in [0, 0.1) is 0 Å². The van der Waals surface area contributed by atoms with E-state index < -0.39 is 17.7 Å². The second-order valence-corrected chi connectivity index (χ2v) is 4.75. The summed E-state index contributed by atoms with van der Waals surface area (Å²) < 4.78 is 10.6. The topological polar surface area (TPSA) is 83.9 Å². The predicted octanol–water partition coefficient (Wildman–Crippen LogP) is 2.36. The van der Waals surface area contributed by atoms with Gasteiger partial charge in [-0.05, 0) is 31.2 Å². The molecular formula is C15H13NO5. The van der Waals surface area contributed by atoms with Gasteiger partial charge >= 0.3 is 0 Å². The minimum absolute atomic E-state index is 0.0431. The molecule has 6 heteroatoms. The lowest BCUT2D eigenvalue weighted by molar-refractivity contribution is -0.130. The van der Waals surface area contributed by atoms with E-state index in [4.69, 9.17) is 8.83 Å². The Hall–Kier alpha value is -2.76. The summed E-state index contributed by atoms with van der Waals surface area (Å²) in [5, 5.41) is 9.99. The van der Waals surface area contributed by atoms with E-state index in [-0.39, 0.29) is 17.9 Å². The third kappa shape index (κ3) is 2.14. The fourth-order valence-corrected chi connectivity index (χ4v) is 2.49. The Labute approximate surface area is 120 Å². The molecule has 0 bridgehead atoms. The first-order chi connectivity index (χ1) is 10.1. The SMILES string of the molecule is CC(=O)C1=C(O)C(=O)N(Cc2ccco2)C1c1ccco1. The second-order valence-electron chi connectivity index (χ2n) is 4.75. The van der Waals surface area contributed by atoms with Crippen LogP contribution in [0.15, 0.2) is 57.0 Å². The van der Waals surface area contributed by atoms with Gasteiger partial charge < -0.3 is 18.8 Å². The van der Waals surface area contributed by atoms with Crippen LogP contribution in [0.5, 0.6) is 0 Å². The van der Waals surface area contributed by atoms with Gasteiger partial charge in [0.2, 0.25) is 0 Å². The minimum atomic E-state index is -0.741. The van der Waals surface area contributed by atoms with Crippen molar-refractivity contribution in [3.8, 4) is 0 Å². The molecule has 1 N–H and O–H groups in total. The standard InChI is InChI=1S/C15H13NO5/c1-9(17)12-13(11-5-3-7-21-11)16(15(19)14(12)18)8-10-4-2-6-20-10/h2-7,13,18H,8H2,1H3. The molecule has 0 spiro atoms. The maximum absolute atomic E-state index is 12.2. The molecule has 3 heterocycles. The van der Waals surface area contributed by atoms with Crippen LogP contribution in [0.4, 0.5) is 0 Å². The van der Waals surface area contributed by atoms with E-state index >= 15 is 0 Å². The molecule has 6 nitrogen and oxygen atoms in total. The van der Waals surface area contributed by atoms with E-state index in [0.717, 1.165) is 0 Å². The highest BCUT2D eigenvalue weighted by molar-refractivity contribution is 6.07. The van der Waals surface area contributed by atoms with Crippen molar-refractivity contribution in [3.63, 3.8) is 0 Å². The van der Waals surface area contributed by atoms with Crippen LogP contribution in [0.1, 0.15) is 24.5 Å². The van der Waals surface area contributed by atoms with Crippen LogP contribution in [0.3, 0.4) is 0 Å². The molecule has 1 atom stereocenters. The average Bonchev–Trinajstić information content (AvgIpc) is 3.16. The van der Waals surface area contributed by atoms with E-state index in [2.05, 4.69) is 0 Å². The lowest BCUT2D eigenvalue weighted by Crippen LogP contribution is -2.30. The zero-order chi connectivity index (χ0) is 15.0. The number of nitrogens with zero attached hydrogens (tertiary/aromatic N) is 1. The molecule has 3 rings (SSSR count). The monoisotopic (exact) mass is 287 g/mol. The molecular weight excluding hydrogens is 274 g/mol. The number of ketones is 1. The molecule has 1 aliphatic heterocycles. The third-order valence-corrected chi connectivity index (χ3v) is 3.40. The van der Waals surface area contributed by atoms with Crippen molar-refractivity contribution in [2.45, 2.75) is 19.5 Å². The van der Waals surface area contributed by atoms with Gasteiger partial charge in [-0.2, -0.15) is 0 Å². The summed E-state index contributed by atoms with van der Waals surface area (Å²) in [5.74, 6) is -0.542. The lowest BCUT2D eigenvalue weighted by Gasteiger charge is -2.23. The van der Waals surface area contributed by atoms with Crippen molar-refractivity contribution in [2.24, 2.45) is 0 Å². The van der Waals surface area contributed by atoms with E-state index in [1.807, 2.05) is 0 Å². The van der Waals surface area contributed by atoms with Crippen LogP contribution < -0.4 is 0 Å². The number of rotatable bonds is 4. The number of aliphatic hydroxyl groups excluding tert-OH is 1. The first-order valence-corrected chi connectivity index (χ1v) is 6.40. The number of amides is 1. The molecule has 1 aliphatic rings. The highest BCUT2D eigenvalue weighted by Gasteiger charge is 2.44. The molecule has 0 fully saturated rings. The summed E-state index contributed by atoms with van der Waals surface area (Å²) in [7, 11) is 0. The van der Waals surface area contributed by atoms with E-state index in [1.54, 1.807) is 24.3 Å².